The first kappa shape index (κ1) is 14.6. The van der Waals surface area contributed by atoms with Crippen molar-refractivity contribution in [3.8, 4) is 5.75 Å². The zero-order chi connectivity index (χ0) is 15.7. The van der Waals surface area contributed by atoms with Gasteiger partial charge in [0.1, 0.15) is 17.7 Å². The highest BCUT2D eigenvalue weighted by atomic mass is 32.2. The Balaban J connectivity index is 2.04. The minimum atomic E-state index is -0.426. The van der Waals surface area contributed by atoms with E-state index in [0.29, 0.717) is 17.8 Å². The third-order valence-electron chi connectivity index (χ3n) is 3.44. The maximum absolute atomic E-state index is 11.7. The minimum absolute atomic E-state index is 0.149. The Kier molecular flexibility index (Phi) is 3.89. The first-order chi connectivity index (χ1) is 10.6. The Hall–Kier alpha value is -2.28. The molecular formula is C15H15N3O3S. The molecule has 2 heterocycles. The zero-order valence-electron chi connectivity index (χ0n) is 12.2. The lowest BCUT2D eigenvalue weighted by molar-refractivity contribution is 0.466. The highest BCUT2D eigenvalue weighted by molar-refractivity contribution is 7.98. The summed E-state index contributed by atoms with van der Waals surface area (Å²) in [5, 5.41) is 19.4. The van der Waals surface area contributed by atoms with Gasteiger partial charge in [-0.3, -0.25) is 0 Å². The van der Waals surface area contributed by atoms with Crippen molar-refractivity contribution in [3.05, 3.63) is 46.1 Å². The second-order valence-corrected chi connectivity index (χ2v) is 5.88. The van der Waals surface area contributed by atoms with Crippen molar-refractivity contribution < 1.29 is 9.52 Å². The van der Waals surface area contributed by atoms with E-state index in [4.69, 9.17) is 4.42 Å². The maximum Gasteiger partial charge on any atom is 0.336 e. The smallest absolute Gasteiger partial charge is 0.336 e. The van der Waals surface area contributed by atoms with Gasteiger partial charge in [0.05, 0.1) is 0 Å². The summed E-state index contributed by atoms with van der Waals surface area (Å²) in [5.41, 5.74) is 1.65. The molecule has 0 bridgehead atoms. The molecule has 0 saturated heterocycles. The molecule has 114 valence electrons. The van der Waals surface area contributed by atoms with Crippen molar-refractivity contribution >= 4 is 22.7 Å². The SMILES string of the molecule is CCc1cc2c(CSc3nncn3C)cc(=O)oc2cc1O. The molecule has 0 spiro atoms. The van der Waals surface area contributed by atoms with E-state index in [9.17, 15) is 9.90 Å². The Morgan fingerprint density at radius 1 is 1.32 bits per heavy atom. The molecular weight excluding hydrogens is 302 g/mol. The molecule has 0 saturated carbocycles. The van der Waals surface area contributed by atoms with Gasteiger partial charge in [0.2, 0.25) is 0 Å². The van der Waals surface area contributed by atoms with Crippen LogP contribution in [0.15, 0.2) is 38.9 Å². The standard InChI is InChI=1S/C15H15N3O3S/c1-3-9-4-11-10(7-22-15-17-16-8-18(15)2)5-14(20)21-13(11)6-12(9)19/h4-6,8,19H,3,7H2,1-2H3. The molecule has 1 N–H and O–H groups in total. The molecule has 0 amide bonds. The van der Waals surface area contributed by atoms with Gasteiger partial charge in [-0.1, -0.05) is 18.7 Å². The Morgan fingerprint density at radius 2 is 2.14 bits per heavy atom. The predicted molar refractivity (Wildman–Crippen MR) is 84.1 cm³/mol. The Labute approximate surface area is 130 Å². The summed E-state index contributed by atoms with van der Waals surface area (Å²) in [6.45, 7) is 1.97. The summed E-state index contributed by atoms with van der Waals surface area (Å²) in [6.07, 6.45) is 2.34. The Morgan fingerprint density at radius 3 is 2.82 bits per heavy atom. The van der Waals surface area contributed by atoms with Gasteiger partial charge in [0, 0.05) is 30.3 Å². The van der Waals surface area contributed by atoms with Gasteiger partial charge >= 0.3 is 5.63 Å². The summed E-state index contributed by atoms with van der Waals surface area (Å²) in [6, 6.07) is 4.87. The number of fused-ring (bicyclic) bond motifs is 1. The molecule has 22 heavy (non-hydrogen) atoms. The van der Waals surface area contributed by atoms with Crippen LogP contribution < -0.4 is 5.63 Å². The molecule has 0 aliphatic rings. The van der Waals surface area contributed by atoms with Crippen LogP contribution in [0.25, 0.3) is 11.0 Å². The molecule has 3 aromatic rings. The summed E-state index contributed by atoms with van der Waals surface area (Å²) >= 11 is 1.49. The lowest BCUT2D eigenvalue weighted by Crippen LogP contribution is -2.01. The summed E-state index contributed by atoms with van der Waals surface area (Å²) in [7, 11) is 1.87. The van der Waals surface area contributed by atoms with E-state index in [1.165, 1.54) is 23.9 Å². The van der Waals surface area contributed by atoms with E-state index in [1.807, 2.05) is 24.6 Å². The first-order valence-electron chi connectivity index (χ1n) is 6.84. The second-order valence-electron chi connectivity index (χ2n) is 4.93. The number of aryl methyl sites for hydroxylation is 2. The van der Waals surface area contributed by atoms with Crippen LogP contribution >= 0.6 is 11.8 Å². The van der Waals surface area contributed by atoms with Gasteiger partial charge in [-0.25, -0.2) is 4.79 Å². The molecule has 3 rings (SSSR count). The molecule has 0 atom stereocenters. The van der Waals surface area contributed by atoms with Gasteiger partial charge in [0.25, 0.3) is 0 Å². The van der Waals surface area contributed by atoms with Crippen molar-refractivity contribution in [3.63, 3.8) is 0 Å². The van der Waals surface area contributed by atoms with Gasteiger partial charge in [-0.15, -0.1) is 10.2 Å². The van der Waals surface area contributed by atoms with Crippen LogP contribution in [-0.2, 0) is 19.2 Å². The number of benzene rings is 1. The number of aromatic nitrogens is 3. The van der Waals surface area contributed by atoms with E-state index in [-0.39, 0.29) is 5.75 Å². The molecule has 6 nitrogen and oxygen atoms in total. The third-order valence-corrected chi connectivity index (χ3v) is 4.52. The fraction of sp³-hybridized carbons (Fsp3) is 0.267. The molecule has 0 aliphatic carbocycles. The number of rotatable bonds is 4. The van der Waals surface area contributed by atoms with Gasteiger partial charge in [0.15, 0.2) is 5.16 Å². The van der Waals surface area contributed by atoms with E-state index in [0.717, 1.165) is 21.7 Å². The first-order valence-corrected chi connectivity index (χ1v) is 7.82. The highest BCUT2D eigenvalue weighted by Crippen LogP contribution is 2.29. The van der Waals surface area contributed by atoms with Gasteiger partial charge < -0.3 is 14.1 Å². The summed E-state index contributed by atoms with van der Waals surface area (Å²) < 4.78 is 7.01. The fourth-order valence-electron chi connectivity index (χ4n) is 2.26. The number of phenolic OH excluding ortho intramolecular Hbond substituents is 1. The van der Waals surface area contributed by atoms with E-state index in [1.54, 1.807) is 6.33 Å². The normalized spacial score (nSPS) is 11.2. The highest BCUT2D eigenvalue weighted by Gasteiger charge is 2.11. The van der Waals surface area contributed by atoms with E-state index < -0.39 is 5.63 Å². The summed E-state index contributed by atoms with van der Waals surface area (Å²) in [4.78, 5) is 11.7. The van der Waals surface area contributed by atoms with Gasteiger partial charge in [-0.05, 0) is 23.6 Å². The van der Waals surface area contributed by atoms with E-state index >= 15 is 0 Å². The largest absolute Gasteiger partial charge is 0.508 e. The van der Waals surface area contributed by atoms with Crippen molar-refractivity contribution in [2.24, 2.45) is 7.05 Å². The van der Waals surface area contributed by atoms with Crippen LogP contribution in [0.4, 0.5) is 0 Å². The number of aromatic hydroxyl groups is 1. The van der Waals surface area contributed by atoms with Crippen LogP contribution in [0.2, 0.25) is 0 Å². The van der Waals surface area contributed by atoms with Crippen molar-refractivity contribution in [2.75, 3.05) is 0 Å². The van der Waals surface area contributed by atoms with Crippen LogP contribution in [0.1, 0.15) is 18.1 Å². The number of nitrogens with zero attached hydrogens (tertiary/aromatic N) is 3. The van der Waals surface area contributed by atoms with Crippen molar-refractivity contribution in [1.82, 2.24) is 14.8 Å². The maximum atomic E-state index is 11.7. The zero-order valence-corrected chi connectivity index (χ0v) is 13.1. The van der Waals surface area contributed by atoms with Crippen LogP contribution in [0.3, 0.4) is 0 Å². The lowest BCUT2D eigenvalue weighted by Gasteiger charge is -2.08. The van der Waals surface area contributed by atoms with Crippen LogP contribution in [-0.4, -0.2) is 19.9 Å². The minimum Gasteiger partial charge on any atom is -0.508 e. The molecule has 0 aliphatic heterocycles. The van der Waals surface area contributed by atoms with Gasteiger partial charge in [-0.2, -0.15) is 0 Å². The number of thioether (sulfide) groups is 1. The van der Waals surface area contributed by atoms with Crippen LogP contribution in [0, 0.1) is 0 Å². The third kappa shape index (κ3) is 2.71. The number of hydrogen-bond donors (Lipinski definition) is 1. The van der Waals surface area contributed by atoms with E-state index in [2.05, 4.69) is 10.2 Å². The fourth-order valence-corrected chi connectivity index (χ4v) is 3.13. The second kappa shape index (κ2) is 5.84. The van der Waals surface area contributed by atoms with Crippen molar-refractivity contribution in [2.45, 2.75) is 24.3 Å². The molecule has 0 fully saturated rings. The molecule has 1 aromatic carbocycles. The molecule has 7 heteroatoms. The van der Waals surface area contributed by atoms with Crippen molar-refractivity contribution in [1.29, 1.82) is 0 Å². The number of hydrogen-bond acceptors (Lipinski definition) is 6. The average molecular weight is 317 g/mol. The predicted octanol–water partition coefficient (Wildman–Crippen LogP) is 2.48. The Bertz CT molecular complexity index is 885. The average Bonchev–Trinajstić information content (AvgIpc) is 2.89. The molecule has 0 unspecified atom stereocenters. The van der Waals surface area contributed by atoms with Crippen LogP contribution in [0.5, 0.6) is 5.75 Å². The monoisotopic (exact) mass is 317 g/mol. The number of phenols is 1. The summed E-state index contributed by atoms with van der Waals surface area (Å²) in [5.74, 6) is 0.721. The molecule has 2 aromatic heterocycles. The quantitative estimate of drug-likeness (QED) is 0.588. The lowest BCUT2D eigenvalue weighted by atomic mass is 10.1. The topological polar surface area (TPSA) is 81.2 Å². The molecule has 0 radical (unpaired) electrons.